The third-order valence-electron chi connectivity index (χ3n) is 7.98. The highest BCUT2D eigenvalue weighted by atomic mass is 32.2. The zero-order valence-electron chi connectivity index (χ0n) is 29.8. The summed E-state index contributed by atoms with van der Waals surface area (Å²) in [6.07, 6.45) is 5.49. The number of hydrogen-bond donors (Lipinski definition) is 0. The summed E-state index contributed by atoms with van der Waals surface area (Å²) in [7, 11) is 0. The quantitative estimate of drug-likeness (QED) is 0.0245. The third kappa shape index (κ3) is 13.3. The summed E-state index contributed by atoms with van der Waals surface area (Å²) in [4.78, 5) is 61.1. The summed E-state index contributed by atoms with van der Waals surface area (Å²) in [5, 5.41) is -0.171. The maximum absolute atomic E-state index is 12.8. The van der Waals surface area contributed by atoms with Crippen molar-refractivity contribution in [2.24, 2.45) is 11.8 Å². The van der Waals surface area contributed by atoms with Crippen LogP contribution in [0.25, 0.3) is 0 Å². The highest BCUT2D eigenvalue weighted by Crippen LogP contribution is 2.48. The molecular formula is C42H42O11S. The summed E-state index contributed by atoms with van der Waals surface area (Å²) in [5.41, 5.74) is 1.10. The molecule has 1 fully saturated rings. The first-order valence-corrected chi connectivity index (χ1v) is 18.1. The number of allylic oxidation sites excluding steroid dienone is 2. The van der Waals surface area contributed by atoms with Crippen LogP contribution in [0.1, 0.15) is 63.2 Å². The highest BCUT2D eigenvalue weighted by Gasteiger charge is 2.45. The van der Waals surface area contributed by atoms with E-state index >= 15 is 0 Å². The minimum absolute atomic E-state index is 0.171. The molecule has 0 radical (unpaired) electrons. The predicted octanol–water partition coefficient (Wildman–Crippen LogP) is 8.07. The Labute approximate surface area is 318 Å². The fraction of sp³-hybridized carbons (Fsp3) is 0.262. The molecule has 54 heavy (non-hydrogen) atoms. The standard InChI is InChI=1S/C42H42O11S/c1-5-38(43)50-25-9-7-23-48-33-17-11-30(12-18-33)40(45)52-28(3)36-27-37(36)29(4)53-41(46)31-15-21-35(22-16-31)54-42(47)32-13-19-34(20-14-32)49-24-8-10-26-51-39(44)6-2/h5-6,11-22,36-37H,1-4,7-10,23-27H2. The van der Waals surface area contributed by atoms with Crippen LogP contribution in [-0.4, -0.2) is 55.4 Å². The number of esters is 4. The van der Waals surface area contributed by atoms with E-state index in [4.69, 9.17) is 28.4 Å². The molecule has 0 N–H and O–H groups in total. The molecule has 12 heteroatoms. The molecule has 0 heterocycles. The lowest BCUT2D eigenvalue weighted by atomic mass is 10.2. The number of thioether (sulfide) groups is 1. The zero-order valence-corrected chi connectivity index (χ0v) is 30.6. The molecule has 1 aliphatic carbocycles. The van der Waals surface area contributed by atoms with E-state index in [2.05, 4.69) is 26.3 Å². The molecule has 0 aliphatic heterocycles. The van der Waals surface area contributed by atoms with E-state index in [1.807, 2.05) is 0 Å². The molecule has 3 aromatic rings. The fourth-order valence-electron chi connectivity index (χ4n) is 4.87. The van der Waals surface area contributed by atoms with E-state index in [1.165, 1.54) is 0 Å². The van der Waals surface area contributed by atoms with E-state index in [9.17, 15) is 24.0 Å². The van der Waals surface area contributed by atoms with Crippen LogP contribution >= 0.6 is 11.8 Å². The van der Waals surface area contributed by atoms with Crippen molar-refractivity contribution in [2.75, 3.05) is 26.4 Å². The van der Waals surface area contributed by atoms with Crippen molar-refractivity contribution < 1.29 is 52.4 Å². The van der Waals surface area contributed by atoms with Gasteiger partial charge in [0.1, 0.15) is 23.0 Å². The SMILES string of the molecule is C=CC(=O)OCCCCOc1ccc(C(=O)OC(=C)C2CC2C(=C)OC(=O)c2ccc(SC(=O)c3ccc(OCCCCOC(=O)C=C)cc3)cc2)cc1. The number of unbranched alkanes of at least 4 members (excludes halogenated alkanes) is 2. The summed E-state index contributed by atoms with van der Waals surface area (Å²) in [6, 6.07) is 19.8. The summed E-state index contributed by atoms with van der Waals surface area (Å²) < 4.78 is 32.2. The molecule has 282 valence electrons. The van der Waals surface area contributed by atoms with E-state index in [0.29, 0.717) is 79.4 Å². The van der Waals surface area contributed by atoms with Gasteiger partial charge in [0.15, 0.2) is 0 Å². The predicted molar refractivity (Wildman–Crippen MR) is 202 cm³/mol. The lowest BCUT2D eigenvalue weighted by Gasteiger charge is -2.10. The van der Waals surface area contributed by atoms with Crippen LogP contribution in [0.2, 0.25) is 0 Å². The van der Waals surface area contributed by atoms with Gasteiger partial charge in [-0.05, 0) is 117 Å². The molecule has 2 atom stereocenters. The van der Waals surface area contributed by atoms with Gasteiger partial charge in [-0.2, -0.15) is 0 Å². The van der Waals surface area contributed by atoms with Crippen molar-refractivity contribution in [1.29, 1.82) is 0 Å². The van der Waals surface area contributed by atoms with Gasteiger partial charge in [0.25, 0.3) is 0 Å². The molecule has 11 nitrogen and oxygen atoms in total. The normalized spacial score (nSPS) is 14.1. The maximum Gasteiger partial charge on any atom is 0.343 e. The number of hydrogen-bond acceptors (Lipinski definition) is 12. The second-order valence-corrected chi connectivity index (χ2v) is 13.0. The summed E-state index contributed by atoms with van der Waals surface area (Å²) in [5.74, 6) is -0.822. The summed E-state index contributed by atoms with van der Waals surface area (Å²) >= 11 is 1.03. The largest absolute Gasteiger partial charge is 0.494 e. The molecule has 3 aromatic carbocycles. The smallest absolute Gasteiger partial charge is 0.343 e. The first kappa shape index (κ1) is 40.9. The molecule has 1 aliphatic rings. The van der Waals surface area contributed by atoms with Gasteiger partial charge in [0.05, 0.1) is 37.6 Å². The van der Waals surface area contributed by atoms with Gasteiger partial charge in [-0.15, -0.1) is 0 Å². The van der Waals surface area contributed by atoms with Crippen LogP contribution in [0, 0.1) is 11.8 Å². The Kier molecular flexibility index (Phi) is 15.9. The van der Waals surface area contributed by atoms with E-state index in [-0.39, 0.29) is 40.6 Å². The van der Waals surface area contributed by atoms with Crippen molar-refractivity contribution in [3.05, 3.63) is 139 Å². The molecule has 0 spiro atoms. The first-order chi connectivity index (χ1) is 26.1. The third-order valence-corrected chi connectivity index (χ3v) is 8.91. The molecular weight excluding hydrogens is 713 g/mol. The van der Waals surface area contributed by atoms with Crippen LogP contribution in [-0.2, 0) is 28.5 Å². The van der Waals surface area contributed by atoms with Gasteiger partial charge in [0, 0.05) is 34.4 Å². The van der Waals surface area contributed by atoms with Crippen LogP contribution in [0.15, 0.2) is 128 Å². The van der Waals surface area contributed by atoms with Crippen molar-refractivity contribution >= 4 is 40.8 Å². The molecule has 0 bridgehead atoms. The molecule has 4 rings (SSSR count). The minimum atomic E-state index is -0.595. The summed E-state index contributed by atoms with van der Waals surface area (Å²) in [6.45, 7) is 16.0. The number of benzene rings is 3. The molecule has 0 aromatic heterocycles. The van der Waals surface area contributed by atoms with Gasteiger partial charge in [-0.25, -0.2) is 19.2 Å². The van der Waals surface area contributed by atoms with Gasteiger partial charge >= 0.3 is 23.9 Å². The Hall–Kier alpha value is -5.88. The zero-order chi connectivity index (χ0) is 38.9. The molecule has 0 saturated heterocycles. The van der Waals surface area contributed by atoms with Gasteiger partial charge in [-0.1, -0.05) is 26.3 Å². The van der Waals surface area contributed by atoms with Crippen LogP contribution in [0.5, 0.6) is 11.5 Å². The average molecular weight is 755 g/mol. The second-order valence-electron chi connectivity index (χ2n) is 12.0. The van der Waals surface area contributed by atoms with E-state index in [1.54, 1.807) is 72.8 Å². The van der Waals surface area contributed by atoms with Crippen molar-refractivity contribution in [3.63, 3.8) is 0 Å². The van der Waals surface area contributed by atoms with Gasteiger partial charge in [-0.3, -0.25) is 4.79 Å². The first-order valence-electron chi connectivity index (χ1n) is 17.3. The van der Waals surface area contributed by atoms with E-state index < -0.39 is 23.9 Å². The van der Waals surface area contributed by atoms with Gasteiger partial charge < -0.3 is 28.4 Å². The Bertz CT molecular complexity index is 1830. The van der Waals surface area contributed by atoms with E-state index in [0.717, 1.165) is 23.9 Å². The average Bonchev–Trinajstić information content (AvgIpc) is 4.00. The Balaban J connectivity index is 1.13. The van der Waals surface area contributed by atoms with Gasteiger partial charge in [0.2, 0.25) is 5.12 Å². The van der Waals surface area contributed by atoms with Crippen LogP contribution in [0.3, 0.4) is 0 Å². The lowest BCUT2D eigenvalue weighted by molar-refractivity contribution is -0.138. The second kappa shape index (κ2) is 21.0. The van der Waals surface area contributed by atoms with Crippen molar-refractivity contribution in [3.8, 4) is 11.5 Å². The molecule has 1 saturated carbocycles. The maximum atomic E-state index is 12.8. The number of carbonyl (C=O) groups is 5. The van der Waals surface area contributed by atoms with Crippen molar-refractivity contribution in [2.45, 2.75) is 37.0 Å². The number of ether oxygens (including phenoxy) is 6. The number of rotatable bonds is 22. The topological polar surface area (TPSA) is 141 Å². The Morgan fingerprint density at radius 1 is 0.574 bits per heavy atom. The fourth-order valence-corrected chi connectivity index (χ4v) is 5.61. The van der Waals surface area contributed by atoms with Crippen LogP contribution < -0.4 is 9.47 Å². The molecule has 2 unspecified atom stereocenters. The monoisotopic (exact) mass is 754 g/mol. The van der Waals surface area contributed by atoms with Crippen molar-refractivity contribution in [1.82, 2.24) is 0 Å². The Morgan fingerprint density at radius 3 is 1.39 bits per heavy atom. The minimum Gasteiger partial charge on any atom is -0.494 e. The lowest BCUT2D eigenvalue weighted by Crippen LogP contribution is -2.09. The molecule has 0 amide bonds. The highest BCUT2D eigenvalue weighted by molar-refractivity contribution is 8.14. The Morgan fingerprint density at radius 2 is 0.963 bits per heavy atom. The van der Waals surface area contributed by atoms with Crippen LogP contribution in [0.4, 0.5) is 0 Å². The number of carbonyl (C=O) groups excluding carboxylic acids is 5.